The quantitative estimate of drug-likeness (QED) is 0.211. The van der Waals surface area contributed by atoms with Crippen molar-refractivity contribution in [2.75, 3.05) is 38.4 Å². The molecule has 0 radical (unpaired) electrons. The highest BCUT2D eigenvalue weighted by Crippen LogP contribution is 2.04. The maximum Gasteiger partial charge on any atom is 0.508 e. The smallest absolute Gasteiger partial charge is 0.466 e. The minimum atomic E-state index is -1.83. The number of hydrogen-bond donors (Lipinski definition) is 2. The van der Waals surface area contributed by atoms with Crippen molar-refractivity contribution in [3.8, 4) is 0 Å². The van der Waals surface area contributed by atoms with E-state index >= 15 is 0 Å². The van der Waals surface area contributed by atoms with Crippen molar-refractivity contribution in [1.82, 2.24) is 0 Å². The lowest BCUT2D eigenvalue weighted by Crippen LogP contribution is -2.25. The molecule has 0 aromatic rings. The zero-order valence-corrected chi connectivity index (χ0v) is 21.4. The first-order valence-corrected chi connectivity index (χ1v) is 11.3. The van der Waals surface area contributed by atoms with E-state index in [2.05, 4.69) is 15.9 Å². The van der Waals surface area contributed by atoms with Gasteiger partial charge in [0.2, 0.25) is 0 Å². The van der Waals surface area contributed by atoms with E-state index in [9.17, 15) is 19.2 Å². The molecule has 3 atom stereocenters. The average Bonchev–Trinajstić information content (AvgIpc) is 2.75. The van der Waals surface area contributed by atoms with Gasteiger partial charge in [-0.2, -0.15) is 0 Å². The molecular weight excluding hydrogens is 524 g/mol. The van der Waals surface area contributed by atoms with Crippen molar-refractivity contribution in [2.45, 2.75) is 49.0 Å². The Hall–Kier alpha value is -2.57. The highest BCUT2D eigenvalue weighted by molar-refractivity contribution is 9.09. The fourth-order valence-corrected chi connectivity index (χ4v) is 1.74. The van der Waals surface area contributed by atoms with Gasteiger partial charge >= 0.3 is 30.2 Å². The molecule has 34 heavy (non-hydrogen) atoms. The number of halogens is 1. The Labute approximate surface area is 209 Å². The number of carbonyl (C=O) groups is 5. The van der Waals surface area contributed by atoms with Gasteiger partial charge in [0.15, 0.2) is 0 Å². The van der Waals surface area contributed by atoms with Gasteiger partial charge in [-0.25, -0.2) is 9.59 Å². The van der Waals surface area contributed by atoms with Gasteiger partial charge in [0.1, 0.15) is 13.2 Å². The predicted octanol–water partition coefficient (Wildman–Crippen LogP) is 3.98. The van der Waals surface area contributed by atoms with Gasteiger partial charge in [-0.05, 0) is 34.6 Å². The van der Waals surface area contributed by atoms with Crippen LogP contribution in [0.2, 0.25) is 0 Å². The summed E-state index contributed by atoms with van der Waals surface area (Å²) in [6, 6.07) is 0. The Kier molecular flexibility index (Phi) is 28.5. The molecule has 0 aromatic heterocycles. The van der Waals surface area contributed by atoms with E-state index in [1.54, 1.807) is 34.6 Å². The lowest BCUT2D eigenvalue weighted by molar-refractivity contribution is -0.149. The molecule has 0 aliphatic rings. The number of esters is 3. The fraction of sp³-hybridized carbons (Fsp3) is 0.762. The van der Waals surface area contributed by atoms with Crippen LogP contribution in [0.3, 0.4) is 0 Å². The molecule has 13 heteroatoms. The molecule has 0 bridgehead atoms. The van der Waals surface area contributed by atoms with Crippen molar-refractivity contribution in [3.63, 3.8) is 0 Å². The van der Waals surface area contributed by atoms with Crippen molar-refractivity contribution < 1.29 is 57.9 Å². The topological polar surface area (TPSA) is 172 Å². The van der Waals surface area contributed by atoms with E-state index in [0.29, 0.717) is 11.9 Å². The number of ether oxygens (including phenoxy) is 5. The third-order valence-corrected chi connectivity index (χ3v) is 4.17. The summed E-state index contributed by atoms with van der Waals surface area (Å²) in [6.45, 7) is 10.9. The van der Waals surface area contributed by atoms with Gasteiger partial charge in [0.25, 0.3) is 0 Å². The molecule has 202 valence electrons. The van der Waals surface area contributed by atoms with E-state index in [1.807, 2.05) is 6.92 Å². The van der Waals surface area contributed by atoms with Crippen molar-refractivity contribution in [1.29, 1.82) is 0 Å². The number of alkyl halides is 1. The van der Waals surface area contributed by atoms with Crippen LogP contribution in [-0.2, 0) is 38.1 Å². The molecule has 3 unspecified atom stereocenters. The second-order valence-corrected chi connectivity index (χ2v) is 6.92. The summed E-state index contributed by atoms with van der Waals surface area (Å²) in [5.74, 6) is -2.17. The highest BCUT2D eigenvalue weighted by Gasteiger charge is 2.19. The van der Waals surface area contributed by atoms with Gasteiger partial charge in [-0.3, -0.25) is 14.4 Å². The Morgan fingerprint density at radius 3 is 1.15 bits per heavy atom. The molecule has 0 aliphatic heterocycles. The molecule has 12 nitrogen and oxygen atoms in total. The Morgan fingerprint density at radius 1 is 0.647 bits per heavy atom. The molecular formula is C21H39BrO12. The van der Waals surface area contributed by atoms with Crippen LogP contribution in [-0.4, -0.2) is 78.8 Å². The van der Waals surface area contributed by atoms with Gasteiger partial charge in [0.05, 0.1) is 37.6 Å². The number of hydrogen-bond acceptors (Lipinski definition) is 10. The standard InChI is InChI=1S/C13H22O7.C6H11BrO2.CH2O3.CH4/c1-5-17-11(14)9(3)7-19-13(16)20-8-10(4)12(15)18-6-2;1-3-9-6(8)5(2)4-7;2-1(3)4;/h9-10H,5-8H2,1-4H3;5H,3-4H2,1-2H3;(H2,2,3,4);1H4. The normalized spacial score (nSPS) is 11.7. The van der Waals surface area contributed by atoms with E-state index in [4.69, 9.17) is 38.7 Å². The third kappa shape index (κ3) is 25.7. The van der Waals surface area contributed by atoms with E-state index in [1.165, 1.54) is 0 Å². The SMILES string of the molecule is C.CCOC(=O)C(C)CBr.CCOC(=O)C(C)COC(=O)OCC(C)C(=O)OCC.O=C(O)O. The highest BCUT2D eigenvalue weighted by atomic mass is 79.9. The molecule has 0 amide bonds. The summed E-state index contributed by atoms with van der Waals surface area (Å²) in [4.78, 5) is 53.1. The van der Waals surface area contributed by atoms with Crippen molar-refractivity contribution >= 4 is 46.1 Å². The zero-order valence-electron chi connectivity index (χ0n) is 19.8. The number of carboxylic acid groups (broad SMARTS) is 2. The monoisotopic (exact) mass is 562 g/mol. The molecule has 0 spiro atoms. The van der Waals surface area contributed by atoms with Gasteiger partial charge in [-0.15, -0.1) is 0 Å². The molecule has 0 fully saturated rings. The minimum absolute atomic E-state index is 0. The first-order chi connectivity index (χ1) is 15.4. The van der Waals surface area contributed by atoms with Crippen LogP contribution >= 0.6 is 15.9 Å². The van der Waals surface area contributed by atoms with E-state index < -0.39 is 36.1 Å². The lowest BCUT2D eigenvalue weighted by atomic mass is 10.2. The van der Waals surface area contributed by atoms with Crippen LogP contribution in [0.4, 0.5) is 9.59 Å². The lowest BCUT2D eigenvalue weighted by Gasteiger charge is -2.13. The van der Waals surface area contributed by atoms with Crippen molar-refractivity contribution in [2.24, 2.45) is 17.8 Å². The second kappa shape index (κ2) is 25.1. The molecule has 0 aromatic carbocycles. The molecule has 0 heterocycles. The van der Waals surface area contributed by atoms with Gasteiger partial charge < -0.3 is 33.9 Å². The van der Waals surface area contributed by atoms with E-state index in [-0.39, 0.29) is 45.7 Å². The van der Waals surface area contributed by atoms with Gasteiger partial charge in [-0.1, -0.05) is 30.3 Å². The summed E-state index contributed by atoms with van der Waals surface area (Å²) >= 11 is 3.18. The Balaban J connectivity index is -0.000000267. The molecule has 0 rings (SSSR count). The van der Waals surface area contributed by atoms with Crippen LogP contribution in [0.1, 0.15) is 49.0 Å². The molecule has 0 aliphatic carbocycles. The predicted molar refractivity (Wildman–Crippen MR) is 126 cm³/mol. The van der Waals surface area contributed by atoms with E-state index in [0.717, 1.165) is 0 Å². The van der Waals surface area contributed by atoms with Crippen LogP contribution < -0.4 is 0 Å². The summed E-state index contributed by atoms with van der Waals surface area (Å²) in [5, 5.41) is 14.6. The Morgan fingerprint density at radius 2 is 0.912 bits per heavy atom. The van der Waals surface area contributed by atoms with Crippen molar-refractivity contribution in [3.05, 3.63) is 0 Å². The van der Waals surface area contributed by atoms with Crippen LogP contribution in [0.25, 0.3) is 0 Å². The minimum Gasteiger partial charge on any atom is -0.466 e. The maximum absolute atomic E-state index is 11.3. The fourth-order valence-electron chi connectivity index (χ4n) is 1.48. The average molecular weight is 563 g/mol. The first kappa shape index (κ1) is 38.7. The number of carbonyl (C=O) groups excluding carboxylic acids is 4. The summed E-state index contributed by atoms with van der Waals surface area (Å²) in [7, 11) is 0. The largest absolute Gasteiger partial charge is 0.508 e. The summed E-state index contributed by atoms with van der Waals surface area (Å²) < 4.78 is 23.7. The number of rotatable bonds is 11. The van der Waals surface area contributed by atoms with Gasteiger partial charge in [0, 0.05) is 5.33 Å². The summed E-state index contributed by atoms with van der Waals surface area (Å²) in [5.41, 5.74) is 0. The summed E-state index contributed by atoms with van der Waals surface area (Å²) in [6.07, 6.45) is -2.77. The third-order valence-electron chi connectivity index (χ3n) is 3.20. The molecule has 0 saturated carbocycles. The molecule has 2 N–H and O–H groups in total. The zero-order chi connectivity index (χ0) is 26.4. The second-order valence-electron chi connectivity index (χ2n) is 6.27. The maximum atomic E-state index is 11.3. The Bertz CT molecular complexity index is 548. The van der Waals surface area contributed by atoms with Crippen LogP contribution in [0.5, 0.6) is 0 Å². The van der Waals surface area contributed by atoms with Crippen LogP contribution in [0.15, 0.2) is 0 Å². The molecule has 0 saturated heterocycles. The first-order valence-electron chi connectivity index (χ1n) is 10.1. The van der Waals surface area contributed by atoms with Crippen LogP contribution in [0, 0.1) is 17.8 Å².